The fourth-order valence-corrected chi connectivity index (χ4v) is 4.31. The summed E-state index contributed by atoms with van der Waals surface area (Å²) in [5.41, 5.74) is 0. The second-order valence-electron chi connectivity index (χ2n) is 6.14. The first kappa shape index (κ1) is 16.4. The van der Waals surface area contributed by atoms with E-state index in [1.165, 1.54) is 12.1 Å². The zero-order valence-electron chi connectivity index (χ0n) is 13.7. The van der Waals surface area contributed by atoms with Crippen LogP contribution in [0, 0.1) is 0 Å². The summed E-state index contributed by atoms with van der Waals surface area (Å²) in [5, 5.41) is 0. The van der Waals surface area contributed by atoms with Crippen molar-refractivity contribution in [1.82, 2.24) is 9.62 Å². The number of hydrogen-bond donors (Lipinski definition) is 1. The van der Waals surface area contributed by atoms with Crippen LogP contribution in [0.1, 0.15) is 24.6 Å². The van der Waals surface area contributed by atoms with Gasteiger partial charge in [0.2, 0.25) is 16.8 Å². The van der Waals surface area contributed by atoms with Gasteiger partial charge in [-0.2, -0.15) is 0 Å². The molecular formula is C17H20N2O5S. The molecule has 1 saturated heterocycles. The van der Waals surface area contributed by atoms with E-state index in [0.29, 0.717) is 11.5 Å². The van der Waals surface area contributed by atoms with Crippen molar-refractivity contribution in [1.29, 1.82) is 0 Å². The van der Waals surface area contributed by atoms with Crippen molar-refractivity contribution in [3.8, 4) is 11.5 Å². The number of ether oxygens (including phenoxy) is 2. The Morgan fingerprint density at radius 1 is 1.12 bits per heavy atom. The van der Waals surface area contributed by atoms with Gasteiger partial charge in [-0.05, 0) is 50.2 Å². The van der Waals surface area contributed by atoms with Gasteiger partial charge >= 0.3 is 0 Å². The van der Waals surface area contributed by atoms with Gasteiger partial charge in [-0.1, -0.05) is 0 Å². The van der Waals surface area contributed by atoms with Crippen molar-refractivity contribution in [3.63, 3.8) is 0 Å². The first-order valence-electron chi connectivity index (χ1n) is 8.30. The van der Waals surface area contributed by atoms with Crippen LogP contribution in [-0.4, -0.2) is 39.7 Å². The lowest BCUT2D eigenvalue weighted by Crippen LogP contribution is -2.36. The zero-order chi connectivity index (χ0) is 17.3. The number of hydrogen-bond acceptors (Lipinski definition) is 6. The van der Waals surface area contributed by atoms with E-state index in [-0.39, 0.29) is 24.3 Å². The number of fused-ring (bicyclic) bond motifs is 1. The van der Waals surface area contributed by atoms with E-state index in [0.717, 1.165) is 31.7 Å². The Kier molecular flexibility index (Phi) is 4.41. The number of likely N-dealkylation sites (tertiary alicyclic amines) is 1. The highest BCUT2D eigenvalue weighted by Gasteiger charge is 2.28. The van der Waals surface area contributed by atoms with Crippen molar-refractivity contribution in [2.75, 3.05) is 26.4 Å². The first-order chi connectivity index (χ1) is 12.1. The molecule has 8 heteroatoms. The smallest absolute Gasteiger partial charge is 0.240 e. The minimum Gasteiger partial charge on any atom is -0.468 e. The highest BCUT2D eigenvalue weighted by Crippen LogP contribution is 2.34. The average Bonchev–Trinajstić information content (AvgIpc) is 3.36. The second-order valence-corrected chi connectivity index (χ2v) is 7.91. The minimum atomic E-state index is -3.65. The molecule has 7 nitrogen and oxygen atoms in total. The largest absolute Gasteiger partial charge is 0.468 e. The summed E-state index contributed by atoms with van der Waals surface area (Å²) in [6.07, 6.45) is 3.85. The molecule has 25 heavy (non-hydrogen) atoms. The van der Waals surface area contributed by atoms with Crippen LogP contribution >= 0.6 is 0 Å². The molecule has 1 fully saturated rings. The van der Waals surface area contributed by atoms with Gasteiger partial charge in [-0.25, -0.2) is 13.1 Å². The molecule has 1 aromatic carbocycles. The Morgan fingerprint density at radius 3 is 2.68 bits per heavy atom. The molecule has 1 atom stereocenters. The molecule has 1 N–H and O–H groups in total. The predicted octanol–water partition coefficient (Wildman–Crippen LogP) is 2.12. The number of rotatable bonds is 6. The Labute approximate surface area is 146 Å². The molecule has 0 saturated carbocycles. The van der Waals surface area contributed by atoms with E-state index < -0.39 is 10.0 Å². The van der Waals surface area contributed by atoms with Crippen LogP contribution in [0.3, 0.4) is 0 Å². The first-order valence-corrected chi connectivity index (χ1v) is 9.78. The fraction of sp³-hybridized carbons (Fsp3) is 0.412. The number of furan rings is 1. The highest BCUT2D eigenvalue weighted by molar-refractivity contribution is 7.89. The van der Waals surface area contributed by atoms with E-state index >= 15 is 0 Å². The minimum absolute atomic E-state index is 0.110. The molecule has 0 bridgehead atoms. The SMILES string of the molecule is O=S(=O)(NCC(c1ccco1)N1CCCC1)c1ccc2c(c1)OCO2. The normalized spacial score (nSPS) is 18.6. The van der Waals surface area contributed by atoms with Gasteiger partial charge in [0.25, 0.3) is 0 Å². The number of nitrogens with one attached hydrogen (secondary N) is 1. The molecule has 134 valence electrons. The van der Waals surface area contributed by atoms with E-state index in [2.05, 4.69) is 9.62 Å². The molecule has 2 aromatic rings. The van der Waals surface area contributed by atoms with E-state index in [9.17, 15) is 8.42 Å². The molecular weight excluding hydrogens is 344 g/mol. The van der Waals surface area contributed by atoms with Gasteiger partial charge in [0.15, 0.2) is 11.5 Å². The molecule has 0 radical (unpaired) electrons. The van der Waals surface area contributed by atoms with Crippen molar-refractivity contribution < 1.29 is 22.3 Å². The molecule has 0 aliphatic carbocycles. The van der Waals surface area contributed by atoms with Gasteiger partial charge in [0, 0.05) is 12.6 Å². The molecule has 4 rings (SSSR count). The molecule has 2 aliphatic rings. The van der Waals surface area contributed by atoms with Gasteiger partial charge in [-0.3, -0.25) is 4.90 Å². The lowest BCUT2D eigenvalue weighted by molar-refractivity contribution is 0.174. The number of nitrogens with zero attached hydrogens (tertiary/aromatic N) is 1. The molecule has 0 spiro atoms. The summed E-state index contributed by atoms with van der Waals surface area (Å²) in [4.78, 5) is 2.41. The van der Waals surface area contributed by atoms with Crippen molar-refractivity contribution in [3.05, 3.63) is 42.4 Å². The van der Waals surface area contributed by atoms with Crippen LogP contribution in [0.5, 0.6) is 11.5 Å². The molecule has 2 aliphatic heterocycles. The van der Waals surface area contributed by atoms with Gasteiger partial charge in [0.05, 0.1) is 17.2 Å². The van der Waals surface area contributed by atoms with E-state index in [1.54, 1.807) is 12.3 Å². The van der Waals surface area contributed by atoms with Crippen LogP contribution in [-0.2, 0) is 10.0 Å². The van der Waals surface area contributed by atoms with Crippen molar-refractivity contribution in [2.24, 2.45) is 0 Å². The number of sulfonamides is 1. The Morgan fingerprint density at radius 2 is 1.92 bits per heavy atom. The third kappa shape index (κ3) is 3.37. The van der Waals surface area contributed by atoms with E-state index in [4.69, 9.17) is 13.9 Å². The summed E-state index contributed by atoms with van der Waals surface area (Å²) in [6, 6.07) is 8.22. The Balaban J connectivity index is 1.51. The zero-order valence-corrected chi connectivity index (χ0v) is 14.5. The number of benzene rings is 1. The Bertz CT molecular complexity index is 829. The van der Waals surface area contributed by atoms with Gasteiger partial charge in [-0.15, -0.1) is 0 Å². The summed E-state index contributed by atoms with van der Waals surface area (Å²) in [5.74, 6) is 1.78. The van der Waals surface area contributed by atoms with Crippen LogP contribution in [0.4, 0.5) is 0 Å². The molecule has 1 unspecified atom stereocenters. The van der Waals surface area contributed by atoms with Gasteiger partial charge in [0.1, 0.15) is 5.76 Å². The quantitative estimate of drug-likeness (QED) is 0.846. The lowest BCUT2D eigenvalue weighted by Gasteiger charge is -2.25. The maximum absolute atomic E-state index is 12.7. The van der Waals surface area contributed by atoms with Crippen molar-refractivity contribution in [2.45, 2.75) is 23.8 Å². The Hall–Kier alpha value is -2.03. The summed E-state index contributed by atoms with van der Waals surface area (Å²) >= 11 is 0. The van der Waals surface area contributed by atoms with E-state index in [1.807, 2.05) is 12.1 Å². The molecule has 3 heterocycles. The molecule has 0 amide bonds. The second kappa shape index (κ2) is 6.70. The van der Waals surface area contributed by atoms with Crippen LogP contribution < -0.4 is 14.2 Å². The summed E-state index contributed by atoms with van der Waals surface area (Å²) < 4.78 is 44.0. The highest BCUT2D eigenvalue weighted by atomic mass is 32.2. The fourth-order valence-electron chi connectivity index (χ4n) is 3.26. The van der Waals surface area contributed by atoms with Crippen LogP contribution in [0.15, 0.2) is 45.9 Å². The third-order valence-electron chi connectivity index (χ3n) is 4.57. The topological polar surface area (TPSA) is 81.0 Å². The summed E-state index contributed by atoms with van der Waals surface area (Å²) in [6.45, 7) is 2.25. The van der Waals surface area contributed by atoms with Crippen LogP contribution in [0.25, 0.3) is 0 Å². The monoisotopic (exact) mass is 364 g/mol. The van der Waals surface area contributed by atoms with Crippen LogP contribution in [0.2, 0.25) is 0 Å². The maximum atomic E-state index is 12.7. The van der Waals surface area contributed by atoms with Crippen molar-refractivity contribution >= 4 is 10.0 Å². The average molecular weight is 364 g/mol. The molecule has 1 aromatic heterocycles. The predicted molar refractivity (Wildman–Crippen MR) is 90.0 cm³/mol. The third-order valence-corrected chi connectivity index (χ3v) is 6.00. The summed E-state index contributed by atoms with van der Waals surface area (Å²) in [7, 11) is -3.65. The maximum Gasteiger partial charge on any atom is 0.240 e. The lowest BCUT2D eigenvalue weighted by atomic mass is 10.2. The standard InChI is InChI=1S/C17H20N2O5S/c20-25(21,13-5-6-16-17(10-13)24-12-23-16)18-11-14(15-4-3-9-22-15)19-7-1-2-8-19/h3-6,9-10,14,18H,1-2,7-8,11-12H2. The van der Waals surface area contributed by atoms with Gasteiger partial charge < -0.3 is 13.9 Å².